The van der Waals surface area contributed by atoms with Gasteiger partial charge in [-0.25, -0.2) is 4.68 Å². The molecule has 0 N–H and O–H groups in total. The Hall–Kier alpha value is -3.38. The molecule has 7 rings (SSSR count). The van der Waals surface area contributed by atoms with Gasteiger partial charge in [0.15, 0.2) is 5.79 Å². The Balaban J connectivity index is 1.46. The Bertz CT molecular complexity index is 1680. The maximum absolute atomic E-state index is 13.8. The summed E-state index contributed by atoms with van der Waals surface area (Å²) in [7, 11) is -0.872. The van der Waals surface area contributed by atoms with Gasteiger partial charge in [-0.3, -0.25) is 4.98 Å². The third-order valence-electron chi connectivity index (χ3n) is 9.39. The molecular weight excluding hydrogens is 540 g/mol. The van der Waals surface area contributed by atoms with Crippen molar-refractivity contribution in [1.29, 1.82) is 0 Å². The van der Waals surface area contributed by atoms with Gasteiger partial charge in [-0.05, 0) is 42.9 Å². The highest BCUT2D eigenvalue weighted by atomic mass is 32.2. The Morgan fingerprint density at radius 3 is 2.51 bits per heavy atom. The van der Waals surface area contributed by atoms with E-state index >= 15 is 0 Å². The van der Waals surface area contributed by atoms with Gasteiger partial charge in [-0.15, -0.1) is 4.09 Å². The van der Waals surface area contributed by atoms with Crippen LogP contribution in [0.5, 0.6) is 0 Å². The Kier molecular flexibility index (Phi) is 6.20. The summed E-state index contributed by atoms with van der Waals surface area (Å²) in [6.45, 7) is 3.42. The first-order valence-corrected chi connectivity index (χ1v) is 15.5. The van der Waals surface area contributed by atoms with Crippen LogP contribution < -0.4 is 0 Å². The van der Waals surface area contributed by atoms with Crippen molar-refractivity contribution >= 4 is 10.2 Å². The van der Waals surface area contributed by atoms with Gasteiger partial charge in [-0.1, -0.05) is 37.3 Å². The van der Waals surface area contributed by atoms with Crippen LogP contribution in [0.15, 0.2) is 67.3 Å². The van der Waals surface area contributed by atoms with E-state index in [0.29, 0.717) is 37.3 Å². The highest BCUT2D eigenvalue weighted by Gasteiger charge is 2.61. The molecule has 41 heavy (non-hydrogen) atoms. The van der Waals surface area contributed by atoms with Crippen LogP contribution in [-0.4, -0.2) is 69.8 Å². The minimum atomic E-state index is -3.95. The summed E-state index contributed by atoms with van der Waals surface area (Å²) in [4.78, 5) is 4.21. The summed E-state index contributed by atoms with van der Waals surface area (Å²) in [5.41, 5.74) is 4.49. The number of fused-ring (bicyclic) bond motifs is 3. The predicted molar refractivity (Wildman–Crippen MR) is 153 cm³/mol. The minimum Gasteiger partial charge on any atom is -0.347 e. The summed E-state index contributed by atoms with van der Waals surface area (Å²) >= 11 is 0. The smallest absolute Gasteiger partial charge is 0.323 e. The molecule has 0 unspecified atom stereocenters. The van der Waals surface area contributed by atoms with E-state index in [1.165, 1.54) is 22.5 Å². The average Bonchev–Trinajstić information content (AvgIpc) is 3.75. The van der Waals surface area contributed by atoms with Crippen LogP contribution in [0.4, 0.5) is 0 Å². The Labute approximate surface area is 240 Å². The molecule has 4 aromatic rings. The van der Waals surface area contributed by atoms with Gasteiger partial charge in [0.1, 0.15) is 0 Å². The summed E-state index contributed by atoms with van der Waals surface area (Å²) in [5, 5.41) is 9.61. The van der Waals surface area contributed by atoms with Gasteiger partial charge >= 0.3 is 10.2 Å². The van der Waals surface area contributed by atoms with Crippen LogP contribution in [0, 0.1) is 11.8 Å². The largest absolute Gasteiger partial charge is 0.347 e. The lowest BCUT2D eigenvalue weighted by Gasteiger charge is -2.55. The normalized spacial score (nSPS) is 25.4. The van der Waals surface area contributed by atoms with E-state index in [1.54, 1.807) is 23.3 Å². The van der Waals surface area contributed by atoms with E-state index in [4.69, 9.17) is 14.6 Å². The third kappa shape index (κ3) is 3.86. The predicted octanol–water partition coefficient (Wildman–Crippen LogP) is 3.81. The van der Waals surface area contributed by atoms with E-state index in [1.807, 2.05) is 24.4 Å². The molecule has 2 aliphatic carbocycles. The molecular formula is C30H34N6O4S. The zero-order valence-electron chi connectivity index (χ0n) is 23.5. The van der Waals surface area contributed by atoms with Gasteiger partial charge in [0, 0.05) is 55.4 Å². The molecule has 0 bridgehead atoms. The average molecular weight is 575 g/mol. The van der Waals surface area contributed by atoms with E-state index in [0.717, 1.165) is 35.3 Å². The van der Waals surface area contributed by atoms with Crippen molar-refractivity contribution in [3.8, 4) is 16.9 Å². The zero-order chi connectivity index (χ0) is 28.4. The van der Waals surface area contributed by atoms with E-state index < -0.39 is 21.4 Å². The number of ether oxygens (including phenoxy) is 2. The molecule has 1 spiro atoms. The van der Waals surface area contributed by atoms with Crippen molar-refractivity contribution in [1.82, 2.24) is 28.3 Å². The fourth-order valence-corrected chi connectivity index (χ4v) is 8.36. The fourth-order valence-electron chi connectivity index (χ4n) is 7.42. The van der Waals surface area contributed by atoms with Crippen molar-refractivity contribution in [3.05, 3.63) is 84.1 Å². The second kappa shape index (κ2) is 9.59. The summed E-state index contributed by atoms with van der Waals surface area (Å²) in [5.74, 6) is -0.355. The van der Waals surface area contributed by atoms with Crippen molar-refractivity contribution in [2.75, 3.05) is 27.3 Å². The number of hydrogen-bond acceptors (Lipinski definition) is 7. The highest BCUT2D eigenvalue weighted by Crippen LogP contribution is 2.60. The zero-order valence-corrected chi connectivity index (χ0v) is 24.3. The van der Waals surface area contributed by atoms with E-state index in [-0.39, 0.29) is 11.8 Å². The second-order valence-corrected chi connectivity index (χ2v) is 13.4. The summed E-state index contributed by atoms with van der Waals surface area (Å²) < 4.78 is 44.4. The molecule has 214 valence electrons. The molecule has 4 heterocycles. The molecule has 1 saturated carbocycles. The monoisotopic (exact) mass is 574 g/mol. The molecule has 10 nitrogen and oxygen atoms in total. The molecule has 1 aromatic carbocycles. The van der Waals surface area contributed by atoms with Crippen molar-refractivity contribution in [2.24, 2.45) is 11.8 Å². The van der Waals surface area contributed by atoms with E-state index in [2.05, 4.69) is 41.3 Å². The number of rotatable bonds is 5. The van der Waals surface area contributed by atoms with Gasteiger partial charge in [-0.2, -0.15) is 22.9 Å². The molecule has 2 fully saturated rings. The third-order valence-corrected chi connectivity index (χ3v) is 11.0. The van der Waals surface area contributed by atoms with Crippen molar-refractivity contribution < 1.29 is 17.9 Å². The first-order valence-electron chi connectivity index (χ1n) is 14.1. The van der Waals surface area contributed by atoms with Crippen LogP contribution >= 0.6 is 0 Å². The molecule has 1 aliphatic heterocycles. The standard InChI is InChI=1S/C30H34N6O4S/c1-21-26-12-11-25-27(22-18-32-35(20-22)24-10-7-15-31-19-24)36(41(37,38)34(2)3)33-28(25)29(26,23-8-5-4-6-9-23)13-14-30(21)39-16-17-40-30/h4-10,15,18-21,26H,11-14,16-17H2,1-3H3/t21-,26-,29+/m0/s1. The Morgan fingerprint density at radius 2 is 1.80 bits per heavy atom. The lowest BCUT2D eigenvalue weighted by molar-refractivity contribution is -0.232. The number of benzene rings is 1. The highest BCUT2D eigenvalue weighted by molar-refractivity contribution is 7.87. The van der Waals surface area contributed by atoms with Crippen LogP contribution in [-0.2, 0) is 31.5 Å². The first-order chi connectivity index (χ1) is 19.8. The molecule has 0 amide bonds. The summed E-state index contributed by atoms with van der Waals surface area (Å²) in [6, 6.07) is 14.2. The number of pyridine rings is 1. The Morgan fingerprint density at radius 1 is 1.02 bits per heavy atom. The second-order valence-electron chi connectivity index (χ2n) is 11.5. The quantitative estimate of drug-likeness (QED) is 0.357. The lowest BCUT2D eigenvalue weighted by Crippen LogP contribution is -2.56. The van der Waals surface area contributed by atoms with Crippen LogP contribution in [0.3, 0.4) is 0 Å². The van der Waals surface area contributed by atoms with Crippen LogP contribution in [0.25, 0.3) is 16.9 Å². The fraction of sp³-hybridized carbons (Fsp3) is 0.433. The minimum absolute atomic E-state index is 0.0968. The molecule has 0 radical (unpaired) electrons. The molecule has 3 aromatic heterocycles. The number of aromatic nitrogens is 5. The van der Waals surface area contributed by atoms with Crippen LogP contribution in [0.1, 0.15) is 43.0 Å². The topological polar surface area (TPSA) is 104 Å². The maximum Gasteiger partial charge on any atom is 0.323 e. The number of nitrogens with zero attached hydrogens (tertiary/aromatic N) is 6. The maximum atomic E-state index is 13.8. The van der Waals surface area contributed by atoms with Gasteiger partial charge in [0.05, 0.1) is 42.7 Å². The SMILES string of the molecule is C[C@H]1[C@@H]2CCc3c(nn(S(=O)(=O)N(C)C)c3-c3cnn(-c4cccnc4)c3)[C@@]2(c2ccccc2)CCC12OCCO2. The van der Waals surface area contributed by atoms with Crippen molar-refractivity contribution in [2.45, 2.75) is 43.8 Å². The van der Waals surface area contributed by atoms with Gasteiger partial charge in [0.2, 0.25) is 0 Å². The lowest BCUT2D eigenvalue weighted by atomic mass is 9.52. The molecule has 3 atom stereocenters. The molecule has 3 aliphatic rings. The van der Waals surface area contributed by atoms with Gasteiger partial charge < -0.3 is 9.47 Å². The van der Waals surface area contributed by atoms with Crippen LogP contribution in [0.2, 0.25) is 0 Å². The first kappa shape index (κ1) is 26.5. The van der Waals surface area contributed by atoms with Gasteiger partial charge in [0.25, 0.3) is 0 Å². The number of hydrogen-bond donors (Lipinski definition) is 0. The summed E-state index contributed by atoms with van der Waals surface area (Å²) in [6.07, 6.45) is 10.00. The van der Waals surface area contributed by atoms with Crippen molar-refractivity contribution in [3.63, 3.8) is 0 Å². The molecule has 11 heteroatoms. The van der Waals surface area contributed by atoms with E-state index in [9.17, 15) is 8.42 Å². The molecule has 1 saturated heterocycles.